The van der Waals surface area contributed by atoms with E-state index >= 15 is 0 Å². The second-order valence-corrected chi connectivity index (χ2v) is 11.4. The van der Waals surface area contributed by atoms with Gasteiger partial charge in [0.05, 0.1) is 17.7 Å². The average Bonchev–Trinajstić information content (AvgIpc) is 2.99. The topological polar surface area (TPSA) is 82.8 Å². The van der Waals surface area contributed by atoms with Gasteiger partial charge in [-0.05, 0) is 49.1 Å². The number of carbonyl (C=O) groups is 2. The molecule has 1 aromatic heterocycles. The third-order valence-electron chi connectivity index (χ3n) is 8.45. The van der Waals surface area contributed by atoms with Crippen LogP contribution in [0, 0.1) is 0 Å². The van der Waals surface area contributed by atoms with Gasteiger partial charge in [-0.2, -0.15) is 0 Å². The summed E-state index contributed by atoms with van der Waals surface area (Å²) in [6.07, 6.45) is 5.88. The highest BCUT2D eigenvalue weighted by Gasteiger charge is 2.35. The molecule has 2 amide bonds. The molecular weight excluding hydrogens is 502 g/mol. The molecule has 2 aromatic carbocycles. The summed E-state index contributed by atoms with van der Waals surface area (Å²) in [5.41, 5.74) is 1.68. The lowest BCUT2D eigenvalue weighted by Crippen LogP contribution is -2.49. The number of carbonyl (C=O) groups excluding carboxylic acids is 2. The third kappa shape index (κ3) is 6.36. The predicted octanol–water partition coefficient (Wildman–Crippen LogP) is 4.69. The van der Waals surface area contributed by atoms with Crippen molar-refractivity contribution in [3.63, 3.8) is 0 Å². The molecule has 2 saturated heterocycles. The summed E-state index contributed by atoms with van der Waals surface area (Å²) >= 11 is 0. The maximum absolute atomic E-state index is 13.6. The summed E-state index contributed by atoms with van der Waals surface area (Å²) in [6.45, 7) is 4.44. The van der Waals surface area contributed by atoms with Crippen LogP contribution in [0.4, 0.5) is 0 Å². The lowest BCUT2D eigenvalue weighted by Gasteiger charge is -2.39. The number of pyridine rings is 1. The van der Waals surface area contributed by atoms with Gasteiger partial charge < -0.3 is 19.5 Å². The van der Waals surface area contributed by atoms with E-state index in [4.69, 9.17) is 0 Å². The SMILES string of the molecule is C[C@H](CC(=O)N1CCC(O)(Cn2cc(C(=O)N3CCCCC3)c(-c3ccccc3)cc2=O)CC1)c1ccccc1. The van der Waals surface area contributed by atoms with Crippen LogP contribution in [-0.2, 0) is 11.3 Å². The molecule has 0 bridgehead atoms. The summed E-state index contributed by atoms with van der Waals surface area (Å²) < 4.78 is 1.48. The van der Waals surface area contributed by atoms with Crippen LogP contribution in [0.3, 0.4) is 0 Å². The van der Waals surface area contributed by atoms with Gasteiger partial charge >= 0.3 is 0 Å². The van der Waals surface area contributed by atoms with Gasteiger partial charge in [0.15, 0.2) is 0 Å². The molecule has 3 heterocycles. The van der Waals surface area contributed by atoms with Crippen molar-refractivity contribution in [2.24, 2.45) is 0 Å². The van der Waals surface area contributed by atoms with Gasteiger partial charge in [0.1, 0.15) is 0 Å². The maximum Gasteiger partial charge on any atom is 0.255 e. The van der Waals surface area contributed by atoms with Crippen molar-refractivity contribution in [2.45, 2.75) is 63.5 Å². The Morgan fingerprint density at radius 1 is 0.875 bits per heavy atom. The maximum atomic E-state index is 13.6. The molecule has 5 rings (SSSR count). The first-order valence-corrected chi connectivity index (χ1v) is 14.5. The molecular formula is C33H39N3O4. The molecule has 0 spiro atoms. The van der Waals surface area contributed by atoms with Crippen molar-refractivity contribution >= 4 is 11.8 Å². The number of rotatable bonds is 7. The Labute approximate surface area is 236 Å². The zero-order valence-electron chi connectivity index (χ0n) is 23.3. The Balaban J connectivity index is 1.31. The standard InChI is InChI=1S/C33H39N3O4/c1-25(26-11-5-2-6-12-26)21-30(37)34-19-15-33(40,16-20-34)24-36-23-29(32(39)35-17-9-4-10-18-35)28(22-31(36)38)27-13-7-3-8-14-27/h2-3,5-8,11-14,22-23,25,40H,4,9-10,15-21,24H2,1H3/t25-/m1/s1. The van der Waals surface area contributed by atoms with Gasteiger partial charge in [-0.1, -0.05) is 67.6 Å². The molecule has 0 unspecified atom stereocenters. The largest absolute Gasteiger partial charge is 0.388 e. The molecule has 0 aliphatic carbocycles. The molecule has 2 aliphatic rings. The normalized spacial score (nSPS) is 17.9. The molecule has 210 valence electrons. The highest BCUT2D eigenvalue weighted by atomic mass is 16.3. The number of hydrogen-bond donors (Lipinski definition) is 1. The number of likely N-dealkylation sites (tertiary alicyclic amines) is 2. The Bertz CT molecular complexity index is 1370. The van der Waals surface area contributed by atoms with E-state index in [0.717, 1.165) is 30.4 Å². The zero-order chi connectivity index (χ0) is 28.1. The van der Waals surface area contributed by atoms with Crippen LogP contribution in [0.2, 0.25) is 0 Å². The van der Waals surface area contributed by atoms with Gasteiger partial charge in [-0.15, -0.1) is 0 Å². The van der Waals surface area contributed by atoms with Gasteiger partial charge in [-0.3, -0.25) is 14.4 Å². The summed E-state index contributed by atoms with van der Waals surface area (Å²) in [6, 6.07) is 21.1. The first kappa shape index (κ1) is 27.8. The minimum atomic E-state index is -1.13. The van der Waals surface area contributed by atoms with Crippen LogP contribution in [0.25, 0.3) is 11.1 Å². The number of aromatic nitrogens is 1. The fourth-order valence-corrected chi connectivity index (χ4v) is 5.93. The quantitative estimate of drug-likeness (QED) is 0.471. The van der Waals surface area contributed by atoms with Gasteiger partial charge in [0.25, 0.3) is 11.5 Å². The monoisotopic (exact) mass is 541 g/mol. The first-order chi connectivity index (χ1) is 19.3. The molecule has 1 atom stereocenters. The van der Waals surface area contributed by atoms with Crippen LogP contribution >= 0.6 is 0 Å². The lowest BCUT2D eigenvalue weighted by atomic mass is 9.90. The molecule has 40 heavy (non-hydrogen) atoms. The number of benzene rings is 2. The Hall–Kier alpha value is -3.71. The molecule has 1 N–H and O–H groups in total. The van der Waals surface area contributed by atoms with Gasteiger partial charge in [-0.25, -0.2) is 0 Å². The zero-order valence-corrected chi connectivity index (χ0v) is 23.3. The van der Waals surface area contributed by atoms with E-state index < -0.39 is 5.60 Å². The Morgan fingerprint density at radius 3 is 2.15 bits per heavy atom. The van der Waals surface area contributed by atoms with Crippen LogP contribution < -0.4 is 5.56 Å². The van der Waals surface area contributed by atoms with Gasteiger partial charge in [0, 0.05) is 50.4 Å². The number of amides is 2. The summed E-state index contributed by atoms with van der Waals surface area (Å²) in [5.74, 6) is 0.122. The predicted molar refractivity (Wildman–Crippen MR) is 156 cm³/mol. The Kier molecular flexibility index (Phi) is 8.50. The van der Waals surface area contributed by atoms with Crippen molar-refractivity contribution in [3.8, 4) is 11.1 Å². The second-order valence-electron chi connectivity index (χ2n) is 11.4. The average molecular weight is 542 g/mol. The summed E-state index contributed by atoms with van der Waals surface area (Å²) in [4.78, 5) is 43.6. The number of piperidine rings is 2. The van der Waals surface area contributed by atoms with Crippen molar-refractivity contribution in [1.82, 2.24) is 14.4 Å². The molecule has 7 heteroatoms. The van der Waals surface area contributed by atoms with Gasteiger partial charge in [0.2, 0.25) is 5.91 Å². The van der Waals surface area contributed by atoms with E-state index in [1.165, 1.54) is 10.6 Å². The minimum absolute atomic E-state index is 0.0766. The van der Waals surface area contributed by atoms with E-state index in [-0.39, 0.29) is 29.8 Å². The first-order valence-electron chi connectivity index (χ1n) is 14.5. The number of aliphatic hydroxyl groups is 1. The van der Waals surface area contributed by atoms with E-state index in [0.29, 0.717) is 56.6 Å². The van der Waals surface area contributed by atoms with E-state index in [1.807, 2.05) is 70.5 Å². The summed E-state index contributed by atoms with van der Waals surface area (Å²) in [5, 5.41) is 11.5. The van der Waals surface area contributed by atoms with Crippen LogP contribution in [0.1, 0.15) is 67.3 Å². The highest BCUT2D eigenvalue weighted by Crippen LogP contribution is 2.28. The minimum Gasteiger partial charge on any atom is -0.388 e. The molecule has 0 saturated carbocycles. The van der Waals surface area contributed by atoms with E-state index in [1.54, 1.807) is 6.20 Å². The molecule has 2 aliphatic heterocycles. The van der Waals surface area contributed by atoms with Crippen LogP contribution in [-0.4, -0.2) is 63.1 Å². The van der Waals surface area contributed by atoms with Crippen molar-refractivity contribution in [3.05, 3.63) is 94.4 Å². The number of nitrogens with zero attached hydrogens (tertiary/aromatic N) is 3. The summed E-state index contributed by atoms with van der Waals surface area (Å²) in [7, 11) is 0. The van der Waals surface area contributed by atoms with Crippen LogP contribution in [0.15, 0.2) is 77.7 Å². The molecule has 2 fully saturated rings. The lowest BCUT2D eigenvalue weighted by molar-refractivity contribution is -0.136. The molecule has 3 aromatic rings. The van der Waals surface area contributed by atoms with E-state index in [2.05, 4.69) is 6.92 Å². The highest BCUT2D eigenvalue weighted by molar-refractivity contribution is 6.00. The fraction of sp³-hybridized carbons (Fsp3) is 0.424. The van der Waals surface area contributed by atoms with Crippen molar-refractivity contribution < 1.29 is 14.7 Å². The Morgan fingerprint density at radius 2 is 1.50 bits per heavy atom. The van der Waals surface area contributed by atoms with Crippen molar-refractivity contribution in [1.29, 1.82) is 0 Å². The number of hydrogen-bond acceptors (Lipinski definition) is 4. The molecule has 0 radical (unpaired) electrons. The third-order valence-corrected chi connectivity index (χ3v) is 8.45. The fourth-order valence-electron chi connectivity index (χ4n) is 5.93. The smallest absolute Gasteiger partial charge is 0.255 e. The van der Waals surface area contributed by atoms with Crippen molar-refractivity contribution in [2.75, 3.05) is 26.2 Å². The van der Waals surface area contributed by atoms with E-state index in [9.17, 15) is 19.5 Å². The van der Waals surface area contributed by atoms with Crippen LogP contribution in [0.5, 0.6) is 0 Å². The second kappa shape index (κ2) is 12.2. The molecule has 7 nitrogen and oxygen atoms in total.